The quantitative estimate of drug-likeness (QED) is 0.630. The number of carbonyl (C=O) groups excluding carboxylic acids is 1. The zero-order valence-corrected chi connectivity index (χ0v) is 14.0. The first kappa shape index (κ1) is 16.1. The minimum atomic E-state index is -3.39. The van der Waals surface area contributed by atoms with E-state index < -0.39 is 15.9 Å². The summed E-state index contributed by atoms with van der Waals surface area (Å²) in [4.78, 5) is 20.4. The van der Waals surface area contributed by atoms with E-state index in [2.05, 4.69) is 30.2 Å². The highest BCUT2D eigenvalue weighted by Crippen LogP contribution is 2.21. The van der Waals surface area contributed by atoms with Crippen LogP contribution in [0.15, 0.2) is 36.0 Å². The Kier molecular flexibility index (Phi) is 4.27. The maximum Gasteiger partial charge on any atom is 0.275 e. The Hall–Kier alpha value is -2.79. The van der Waals surface area contributed by atoms with E-state index in [1.807, 2.05) is 0 Å². The molecule has 1 amide bonds. The van der Waals surface area contributed by atoms with E-state index >= 15 is 0 Å². The number of anilines is 2. The average Bonchev–Trinajstić information content (AvgIpc) is 3.17. The predicted molar refractivity (Wildman–Crippen MR) is 90.4 cm³/mol. The minimum absolute atomic E-state index is 0.230. The lowest BCUT2D eigenvalue weighted by molar-refractivity contribution is 0.102. The largest absolute Gasteiger partial charge is 0.321 e. The summed E-state index contributed by atoms with van der Waals surface area (Å²) in [5, 5.41) is 11.2. The van der Waals surface area contributed by atoms with Gasteiger partial charge in [0.05, 0.1) is 11.9 Å². The van der Waals surface area contributed by atoms with Gasteiger partial charge in [-0.2, -0.15) is 5.10 Å². The van der Waals surface area contributed by atoms with E-state index in [4.69, 9.17) is 0 Å². The summed E-state index contributed by atoms with van der Waals surface area (Å²) in [6, 6.07) is 6.38. The fourth-order valence-electron chi connectivity index (χ4n) is 1.86. The summed E-state index contributed by atoms with van der Waals surface area (Å²) in [6.45, 7) is 0. The van der Waals surface area contributed by atoms with Crippen LogP contribution in [0.25, 0.3) is 10.8 Å². The number of nitrogens with one attached hydrogen (secondary N) is 3. The number of sulfonamides is 1. The monoisotopic (exact) mass is 364 g/mol. The van der Waals surface area contributed by atoms with E-state index in [1.54, 1.807) is 23.6 Å². The molecule has 9 nitrogen and oxygen atoms in total. The number of aromatic nitrogens is 4. The molecule has 0 aliphatic heterocycles. The van der Waals surface area contributed by atoms with Crippen LogP contribution in [0.1, 0.15) is 10.5 Å². The first-order chi connectivity index (χ1) is 11.4. The van der Waals surface area contributed by atoms with Gasteiger partial charge in [-0.05, 0) is 18.2 Å². The van der Waals surface area contributed by atoms with Gasteiger partial charge in [-0.25, -0.2) is 18.4 Å². The molecule has 11 heteroatoms. The third kappa shape index (κ3) is 3.94. The molecule has 2 heterocycles. The molecule has 0 aliphatic carbocycles. The fourth-order valence-corrected chi connectivity index (χ4v) is 3.16. The van der Waals surface area contributed by atoms with Crippen molar-refractivity contribution in [3.63, 3.8) is 0 Å². The van der Waals surface area contributed by atoms with Gasteiger partial charge in [0.25, 0.3) is 5.91 Å². The van der Waals surface area contributed by atoms with E-state index in [0.717, 1.165) is 6.26 Å². The second kappa shape index (κ2) is 6.37. The minimum Gasteiger partial charge on any atom is -0.321 e. The second-order valence-corrected chi connectivity index (χ2v) is 7.39. The smallest absolute Gasteiger partial charge is 0.275 e. The van der Waals surface area contributed by atoms with Crippen LogP contribution in [-0.2, 0) is 10.0 Å². The van der Waals surface area contributed by atoms with Gasteiger partial charge in [0, 0.05) is 11.1 Å². The molecule has 24 heavy (non-hydrogen) atoms. The summed E-state index contributed by atoms with van der Waals surface area (Å²) in [5.74, 6) is 0.0759. The molecule has 0 aliphatic rings. The molecule has 1 aromatic carbocycles. The van der Waals surface area contributed by atoms with Crippen LogP contribution in [0.5, 0.6) is 0 Å². The molecule has 3 N–H and O–H groups in total. The van der Waals surface area contributed by atoms with Gasteiger partial charge in [0.1, 0.15) is 12.0 Å². The summed E-state index contributed by atoms with van der Waals surface area (Å²) >= 11 is 1.26. The summed E-state index contributed by atoms with van der Waals surface area (Å²) in [7, 11) is -3.39. The lowest BCUT2D eigenvalue weighted by Gasteiger charge is -2.07. The zero-order chi connectivity index (χ0) is 17.2. The molecule has 3 aromatic rings. The standard InChI is InChI=1S/C13H12N6O3S2/c1-24(21,22)19-9-4-2-3-8(5-9)16-12(20)10-6-23-13(17-10)11-14-7-15-18-11/h2-7,19H,1H3,(H,16,20)(H,14,15,18). The summed E-state index contributed by atoms with van der Waals surface area (Å²) in [5.41, 5.74) is 1.03. The van der Waals surface area contributed by atoms with Crippen molar-refractivity contribution in [2.45, 2.75) is 0 Å². The highest BCUT2D eigenvalue weighted by atomic mass is 32.2. The van der Waals surface area contributed by atoms with Crippen molar-refractivity contribution in [2.75, 3.05) is 16.3 Å². The molecule has 0 saturated carbocycles. The Morgan fingerprint density at radius 2 is 2.08 bits per heavy atom. The Bertz CT molecular complexity index is 965. The van der Waals surface area contributed by atoms with Crippen molar-refractivity contribution in [1.29, 1.82) is 0 Å². The van der Waals surface area contributed by atoms with Gasteiger partial charge in [0.2, 0.25) is 10.0 Å². The van der Waals surface area contributed by atoms with Crippen LogP contribution in [0, 0.1) is 0 Å². The molecule has 0 fully saturated rings. The first-order valence-corrected chi connectivity index (χ1v) is 9.38. The third-order valence-electron chi connectivity index (χ3n) is 2.78. The Balaban J connectivity index is 1.74. The SMILES string of the molecule is CS(=O)(=O)Nc1cccc(NC(=O)c2csc(-c3ncn[nH]3)n2)c1. The lowest BCUT2D eigenvalue weighted by atomic mass is 10.3. The predicted octanol–water partition coefficient (Wildman–Crippen LogP) is 1.55. The van der Waals surface area contributed by atoms with Gasteiger partial charge in [0.15, 0.2) is 10.8 Å². The number of hydrogen-bond acceptors (Lipinski definition) is 7. The summed E-state index contributed by atoms with van der Waals surface area (Å²) in [6.07, 6.45) is 2.41. The van der Waals surface area contributed by atoms with Crippen LogP contribution in [0.4, 0.5) is 11.4 Å². The third-order valence-corrected chi connectivity index (χ3v) is 4.23. The number of nitrogens with zero attached hydrogens (tertiary/aromatic N) is 3. The molecule has 0 spiro atoms. The molecule has 2 aromatic heterocycles. The van der Waals surface area contributed by atoms with E-state index in [1.165, 1.54) is 23.7 Å². The maximum absolute atomic E-state index is 12.2. The molecule has 0 saturated heterocycles. The zero-order valence-electron chi connectivity index (χ0n) is 12.3. The average molecular weight is 364 g/mol. The van der Waals surface area contributed by atoms with Crippen molar-refractivity contribution < 1.29 is 13.2 Å². The molecular formula is C13H12N6O3S2. The van der Waals surface area contributed by atoms with Crippen LogP contribution in [0.3, 0.4) is 0 Å². The number of H-pyrrole nitrogens is 1. The topological polar surface area (TPSA) is 130 Å². The number of benzene rings is 1. The number of thiazole rings is 1. The number of carbonyl (C=O) groups is 1. The van der Waals surface area contributed by atoms with E-state index in [0.29, 0.717) is 22.2 Å². The van der Waals surface area contributed by atoms with E-state index in [9.17, 15) is 13.2 Å². The number of hydrogen-bond donors (Lipinski definition) is 3. The van der Waals surface area contributed by atoms with E-state index in [-0.39, 0.29) is 5.69 Å². The molecule has 0 atom stereocenters. The van der Waals surface area contributed by atoms with Crippen LogP contribution in [0.2, 0.25) is 0 Å². The van der Waals surface area contributed by atoms with Crippen molar-refractivity contribution in [3.8, 4) is 10.8 Å². The number of amides is 1. The van der Waals surface area contributed by atoms with Gasteiger partial charge in [-0.3, -0.25) is 14.6 Å². The van der Waals surface area contributed by atoms with Crippen LogP contribution in [-0.4, -0.2) is 40.7 Å². The Morgan fingerprint density at radius 3 is 2.79 bits per heavy atom. The van der Waals surface area contributed by atoms with Crippen LogP contribution < -0.4 is 10.0 Å². The Morgan fingerprint density at radius 1 is 1.29 bits per heavy atom. The highest BCUT2D eigenvalue weighted by Gasteiger charge is 2.14. The second-order valence-electron chi connectivity index (χ2n) is 4.78. The normalized spacial score (nSPS) is 11.2. The van der Waals surface area contributed by atoms with Gasteiger partial charge in [-0.15, -0.1) is 11.3 Å². The van der Waals surface area contributed by atoms with Crippen molar-refractivity contribution >= 4 is 38.6 Å². The van der Waals surface area contributed by atoms with Crippen molar-refractivity contribution in [1.82, 2.24) is 20.2 Å². The van der Waals surface area contributed by atoms with Gasteiger partial charge < -0.3 is 5.32 Å². The lowest BCUT2D eigenvalue weighted by Crippen LogP contribution is -2.13. The molecule has 0 bridgehead atoms. The molecular weight excluding hydrogens is 352 g/mol. The van der Waals surface area contributed by atoms with Gasteiger partial charge in [-0.1, -0.05) is 6.07 Å². The number of aromatic amines is 1. The van der Waals surface area contributed by atoms with Crippen molar-refractivity contribution in [2.24, 2.45) is 0 Å². The number of rotatable bonds is 5. The molecule has 0 radical (unpaired) electrons. The van der Waals surface area contributed by atoms with Crippen LogP contribution >= 0.6 is 11.3 Å². The molecule has 0 unspecified atom stereocenters. The molecule has 3 rings (SSSR count). The van der Waals surface area contributed by atoms with Crippen molar-refractivity contribution in [3.05, 3.63) is 41.7 Å². The molecule has 124 valence electrons. The Labute approximate surface area is 141 Å². The van der Waals surface area contributed by atoms with Gasteiger partial charge >= 0.3 is 0 Å². The summed E-state index contributed by atoms with van der Waals surface area (Å²) < 4.78 is 24.8. The highest BCUT2D eigenvalue weighted by molar-refractivity contribution is 7.92. The maximum atomic E-state index is 12.2. The fraction of sp³-hybridized carbons (Fsp3) is 0.0769. The first-order valence-electron chi connectivity index (χ1n) is 6.61.